The minimum atomic E-state index is 0.721. The molecular formula is C15H16N4S. The Morgan fingerprint density at radius 1 is 1.20 bits per heavy atom. The molecule has 3 N–H and O–H groups in total. The van der Waals surface area contributed by atoms with Gasteiger partial charge in [0.05, 0.1) is 5.39 Å². The predicted molar refractivity (Wildman–Crippen MR) is 84.5 cm³/mol. The van der Waals surface area contributed by atoms with Crippen LogP contribution in [0.1, 0.15) is 12.0 Å². The number of nitrogens with zero attached hydrogens (tertiary/aromatic N) is 2. The van der Waals surface area contributed by atoms with E-state index in [1.165, 1.54) is 5.56 Å². The van der Waals surface area contributed by atoms with Crippen LogP contribution in [0, 0.1) is 0 Å². The normalized spacial score (nSPS) is 10.8. The Morgan fingerprint density at radius 3 is 3.05 bits per heavy atom. The van der Waals surface area contributed by atoms with Crippen LogP contribution in [0.5, 0.6) is 0 Å². The van der Waals surface area contributed by atoms with E-state index in [2.05, 4.69) is 33.5 Å². The van der Waals surface area contributed by atoms with Crippen LogP contribution in [0.3, 0.4) is 0 Å². The Morgan fingerprint density at radius 2 is 2.15 bits per heavy atom. The van der Waals surface area contributed by atoms with Gasteiger partial charge in [0, 0.05) is 5.69 Å². The number of hydrogen-bond acceptors (Lipinski definition) is 5. The van der Waals surface area contributed by atoms with Crippen LogP contribution in [0.25, 0.3) is 10.2 Å². The monoisotopic (exact) mass is 284 g/mol. The molecule has 0 bridgehead atoms. The molecule has 0 amide bonds. The summed E-state index contributed by atoms with van der Waals surface area (Å²) in [6.45, 7) is 0.721. The third-order valence-corrected chi connectivity index (χ3v) is 3.94. The fraction of sp³-hybridized carbons (Fsp3) is 0.200. The number of thiophene rings is 1. The van der Waals surface area contributed by atoms with Crippen molar-refractivity contribution in [3.63, 3.8) is 0 Å². The van der Waals surface area contributed by atoms with Gasteiger partial charge in [-0.2, -0.15) is 0 Å². The predicted octanol–water partition coefficient (Wildman–Crippen LogP) is 3.33. The van der Waals surface area contributed by atoms with Crippen LogP contribution in [0.2, 0.25) is 0 Å². The van der Waals surface area contributed by atoms with E-state index in [4.69, 9.17) is 5.73 Å². The summed E-state index contributed by atoms with van der Waals surface area (Å²) in [5.41, 5.74) is 7.89. The lowest BCUT2D eigenvalue weighted by atomic mass is 10.1. The quantitative estimate of drug-likeness (QED) is 0.754. The molecule has 4 nitrogen and oxygen atoms in total. The average Bonchev–Trinajstić information content (AvgIpc) is 2.95. The molecule has 0 atom stereocenters. The number of nitrogens with one attached hydrogen (secondary N) is 1. The molecule has 5 heteroatoms. The standard InChI is InChI=1S/C15H16N4S/c16-7-2-4-11-3-1-5-12(9-11)19-14-13-6-8-20-15(13)18-10-17-14/h1,3,5-6,8-10H,2,4,7,16H2,(H,17,18,19). The molecule has 0 radical (unpaired) electrons. The van der Waals surface area contributed by atoms with Gasteiger partial charge in [0.2, 0.25) is 0 Å². The van der Waals surface area contributed by atoms with Crippen LogP contribution in [0.4, 0.5) is 11.5 Å². The molecule has 0 aliphatic heterocycles. The van der Waals surface area contributed by atoms with E-state index in [0.717, 1.165) is 41.1 Å². The number of hydrogen-bond donors (Lipinski definition) is 2. The maximum Gasteiger partial charge on any atom is 0.142 e. The van der Waals surface area contributed by atoms with Crippen molar-refractivity contribution >= 4 is 33.1 Å². The SMILES string of the molecule is NCCCc1cccc(Nc2ncnc3sccc23)c1. The van der Waals surface area contributed by atoms with Crippen LogP contribution in [-0.2, 0) is 6.42 Å². The number of nitrogens with two attached hydrogens (primary N) is 1. The summed E-state index contributed by atoms with van der Waals surface area (Å²) in [7, 11) is 0. The smallest absolute Gasteiger partial charge is 0.142 e. The summed E-state index contributed by atoms with van der Waals surface area (Å²) in [5.74, 6) is 0.854. The van der Waals surface area contributed by atoms with Crippen LogP contribution in [-0.4, -0.2) is 16.5 Å². The summed E-state index contributed by atoms with van der Waals surface area (Å²) in [6, 6.07) is 10.4. The molecule has 1 aromatic carbocycles. The van der Waals surface area contributed by atoms with Crippen molar-refractivity contribution in [2.45, 2.75) is 12.8 Å². The molecule has 0 aliphatic carbocycles. The van der Waals surface area contributed by atoms with Crippen molar-refractivity contribution in [3.05, 3.63) is 47.6 Å². The molecule has 0 unspecified atom stereocenters. The first-order valence-electron chi connectivity index (χ1n) is 6.61. The highest BCUT2D eigenvalue weighted by molar-refractivity contribution is 7.16. The topological polar surface area (TPSA) is 63.8 Å². The van der Waals surface area contributed by atoms with Gasteiger partial charge >= 0.3 is 0 Å². The molecule has 2 heterocycles. The van der Waals surface area contributed by atoms with E-state index in [9.17, 15) is 0 Å². The largest absolute Gasteiger partial charge is 0.340 e. The van der Waals surface area contributed by atoms with Gasteiger partial charge in [-0.3, -0.25) is 0 Å². The second kappa shape index (κ2) is 5.98. The zero-order chi connectivity index (χ0) is 13.8. The minimum absolute atomic E-state index is 0.721. The number of fused-ring (bicyclic) bond motifs is 1. The summed E-state index contributed by atoms with van der Waals surface area (Å²) < 4.78 is 0. The summed E-state index contributed by atoms with van der Waals surface area (Å²) in [4.78, 5) is 9.59. The maximum absolute atomic E-state index is 5.56. The lowest BCUT2D eigenvalue weighted by Crippen LogP contribution is -2.01. The third-order valence-electron chi connectivity index (χ3n) is 3.12. The van der Waals surface area contributed by atoms with Gasteiger partial charge in [0.15, 0.2) is 0 Å². The molecule has 20 heavy (non-hydrogen) atoms. The number of aromatic nitrogens is 2. The number of anilines is 2. The van der Waals surface area contributed by atoms with E-state index in [0.29, 0.717) is 0 Å². The lowest BCUT2D eigenvalue weighted by molar-refractivity contribution is 0.833. The molecule has 0 spiro atoms. The summed E-state index contributed by atoms with van der Waals surface area (Å²) in [6.07, 6.45) is 3.61. The van der Waals surface area contributed by atoms with Gasteiger partial charge in [-0.15, -0.1) is 11.3 Å². The highest BCUT2D eigenvalue weighted by Gasteiger charge is 2.05. The second-order valence-corrected chi connectivity index (χ2v) is 5.47. The lowest BCUT2D eigenvalue weighted by Gasteiger charge is -2.08. The van der Waals surface area contributed by atoms with Crippen molar-refractivity contribution in [1.82, 2.24) is 9.97 Å². The number of rotatable bonds is 5. The fourth-order valence-corrected chi connectivity index (χ4v) is 2.87. The Bertz CT molecular complexity index is 708. The van der Waals surface area contributed by atoms with E-state index in [1.54, 1.807) is 17.7 Å². The summed E-state index contributed by atoms with van der Waals surface area (Å²) in [5, 5.41) is 6.46. The first kappa shape index (κ1) is 13.0. The van der Waals surface area contributed by atoms with Gasteiger partial charge in [-0.1, -0.05) is 12.1 Å². The molecular weight excluding hydrogens is 268 g/mol. The molecule has 0 saturated carbocycles. The van der Waals surface area contributed by atoms with Gasteiger partial charge in [-0.05, 0) is 48.5 Å². The minimum Gasteiger partial charge on any atom is -0.340 e. The van der Waals surface area contributed by atoms with Crippen molar-refractivity contribution < 1.29 is 0 Å². The molecule has 3 aromatic rings. The van der Waals surface area contributed by atoms with Crippen LogP contribution in [0.15, 0.2) is 42.0 Å². The molecule has 102 valence electrons. The third kappa shape index (κ3) is 2.79. The molecule has 0 saturated heterocycles. The van der Waals surface area contributed by atoms with Gasteiger partial charge in [0.25, 0.3) is 0 Å². The Kier molecular flexibility index (Phi) is 3.90. The van der Waals surface area contributed by atoms with E-state index in [1.807, 2.05) is 17.5 Å². The first-order chi connectivity index (χ1) is 9.86. The average molecular weight is 284 g/mol. The highest BCUT2D eigenvalue weighted by atomic mass is 32.1. The zero-order valence-electron chi connectivity index (χ0n) is 11.0. The van der Waals surface area contributed by atoms with E-state index < -0.39 is 0 Å². The van der Waals surface area contributed by atoms with Crippen molar-refractivity contribution in [2.75, 3.05) is 11.9 Å². The first-order valence-corrected chi connectivity index (χ1v) is 7.49. The van der Waals surface area contributed by atoms with Gasteiger partial charge in [0.1, 0.15) is 17.0 Å². The summed E-state index contributed by atoms with van der Waals surface area (Å²) >= 11 is 1.62. The van der Waals surface area contributed by atoms with Crippen LogP contribution >= 0.6 is 11.3 Å². The van der Waals surface area contributed by atoms with Crippen molar-refractivity contribution in [2.24, 2.45) is 5.73 Å². The maximum atomic E-state index is 5.56. The Balaban J connectivity index is 1.85. The molecule has 0 aliphatic rings. The Labute approximate surface area is 121 Å². The second-order valence-electron chi connectivity index (χ2n) is 4.58. The van der Waals surface area contributed by atoms with Gasteiger partial charge < -0.3 is 11.1 Å². The van der Waals surface area contributed by atoms with E-state index >= 15 is 0 Å². The van der Waals surface area contributed by atoms with Crippen molar-refractivity contribution in [1.29, 1.82) is 0 Å². The molecule has 3 rings (SSSR count). The highest BCUT2D eigenvalue weighted by Crippen LogP contribution is 2.26. The van der Waals surface area contributed by atoms with Crippen LogP contribution < -0.4 is 11.1 Å². The fourth-order valence-electron chi connectivity index (χ4n) is 2.14. The number of aryl methyl sites for hydroxylation is 1. The molecule has 2 aromatic heterocycles. The molecule has 0 fully saturated rings. The van der Waals surface area contributed by atoms with E-state index in [-0.39, 0.29) is 0 Å². The Hall–Kier alpha value is -1.98. The zero-order valence-corrected chi connectivity index (χ0v) is 11.9. The number of benzene rings is 1. The van der Waals surface area contributed by atoms with Crippen molar-refractivity contribution in [3.8, 4) is 0 Å². The van der Waals surface area contributed by atoms with Gasteiger partial charge in [-0.25, -0.2) is 9.97 Å².